The summed E-state index contributed by atoms with van der Waals surface area (Å²) in [5, 5.41) is 3.32. The molecule has 0 saturated carbocycles. The van der Waals surface area contributed by atoms with Crippen molar-refractivity contribution in [3.63, 3.8) is 0 Å². The molecule has 0 atom stereocenters. The molecule has 7 heteroatoms. The number of amides is 1. The molecule has 2 aromatic rings. The maximum Gasteiger partial charge on any atom is 0.281 e. The van der Waals surface area contributed by atoms with Crippen LogP contribution in [-0.2, 0) is 4.79 Å². The van der Waals surface area contributed by atoms with Gasteiger partial charge in [-0.15, -0.1) is 0 Å². The molecule has 1 aliphatic rings. The van der Waals surface area contributed by atoms with Crippen LogP contribution in [0.25, 0.3) is 6.08 Å². The average molecular weight is 398 g/mol. The number of nitrogens with zero attached hydrogens (tertiary/aromatic N) is 1. The minimum absolute atomic E-state index is 0.220. The van der Waals surface area contributed by atoms with Crippen LogP contribution in [-0.4, -0.2) is 31.3 Å². The molecule has 0 radical (unpaired) electrons. The van der Waals surface area contributed by atoms with Gasteiger partial charge in [0.25, 0.3) is 5.91 Å². The first kappa shape index (κ1) is 19.7. The second kappa shape index (κ2) is 8.75. The molecule has 2 aromatic carbocycles. The zero-order chi connectivity index (χ0) is 20.1. The summed E-state index contributed by atoms with van der Waals surface area (Å²) >= 11 is 5.36. The molecule has 0 bridgehead atoms. The molecular weight excluding hydrogens is 376 g/mol. The van der Waals surface area contributed by atoms with Crippen molar-refractivity contribution < 1.29 is 19.0 Å². The highest BCUT2D eigenvalue weighted by Crippen LogP contribution is 2.30. The van der Waals surface area contributed by atoms with Crippen molar-refractivity contribution in [2.45, 2.75) is 13.8 Å². The summed E-state index contributed by atoms with van der Waals surface area (Å²) < 4.78 is 16.3. The van der Waals surface area contributed by atoms with Crippen LogP contribution in [0.15, 0.2) is 48.2 Å². The Balaban J connectivity index is 1.85. The van der Waals surface area contributed by atoms with Crippen LogP contribution in [0.5, 0.6) is 17.2 Å². The summed E-state index contributed by atoms with van der Waals surface area (Å²) in [5.41, 5.74) is 1.88. The molecule has 0 spiro atoms. The van der Waals surface area contributed by atoms with E-state index in [2.05, 4.69) is 5.32 Å². The van der Waals surface area contributed by atoms with Crippen molar-refractivity contribution in [2.75, 3.05) is 25.2 Å². The van der Waals surface area contributed by atoms with E-state index in [0.29, 0.717) is 41.2 Å². The van der Waals surface area contributed by atoms with Crippen LogP contribution >= 0.6 is 12.2 Å². The molecule has 146 valence electrons. The van der Waals surface area contributed by atoms with Crippen molar-refractivity contribution in [2.24, 2.45) is 0 Å². The van der Waals surface area contributed by atoms with Gasteiger partial charge < -0.3 is 19.5 Å². The third kappa shape index (κ3) is 4.09. The van der Waals surface area contributed by atoms with E-state index in [9.17, 15) is 4.79 Å². The molecule has 6 nitrogen and oxygen atoms in total. The van der Waals surface area contributed by atoms with Gasteiger partial charge in [0.15, 0.2) is 16.6 Å². The molecule has 0 aromatic heterocycles. The van der Waals surface area contributed by atoms with Gasteiger partial charge in [0.1, 0.15) is 11.4 Å². The molecule has 3 rings (SSSR count). The number of rotatable bonds is 7. The van der Waals surface area contributed by atoms with Gasteiger partial charge in [-0.25, -0.2) is 0 Å². The first-order valence-electron chi connectivity index (χ1n) is 8.98. The van der Waals surface area contributed by atoms with Gasteiger partial charge >= 0.3 is 0 Å². The Hall–Kier alpha value is -3.06. The number of ether oxygens (including phenoxy) is 3. The number of benzene rings is 2. The van der Waals surface area contributed by atoms with Crippen LogP contribution in [0, 0.1) is 0 Å². The lowest BCUT2D eigenvalue weighted by atomic mass is 10.1. The standard InChI is InChI=1S/C21H22N2O4S/c1-4-26-16-9-7-15(8-10-16)23-20(24)17(22-21(23)28)12-14-6-11-18(25-3)19(13-14)27-5-2/h6-13H,4-5H2,1-3H3,(H,22,28)/b17-12+. The average Bonchev–Trinajstić information content (AvgIpc) is 2.96. The maximum atomic E-state index is 12.9. The Kier molecular flexibility index (Phi) is 6.16. The summed E-state index contributed by atoms with van der Waals surface area (Å²) in [7, 11) is 1.59. The Morgan fingerprint density at radius 2 is 1.75 bits per heavy atom. The minimum atomic E-state index is -0.220. The highest BCUT2D eigenvalue weighted by molar-refractivity contribution is 7.80. The number of thiocarbonyl (C=S) groups is 1. The quantitative estimate of drug-likeness (QED) is 0.566. The molecule has 1 aliphatic heterocycles. The van der Waals surface area contributed by atoms with Crippen molar-refractivity contribution in [3.8, 4) is 17.2 Å². The molecule has 1 N–H and O–H groups in total. The molecule has 1 fully saturated rings. The Morgan fingerprint density at radius 1 is 1.04 bits per heavy atom. The first-order valence-corrected chi connectivity index (χ1v) is 9.39. The van der Waals surface area contributed by atoms with Gasteiger partial charge in [-0.2, -0.15) is 0 Å². The zero-order valence-corrected chi connectivity index (χ0v) is 16.8. The molecule has 0 unspecified atom stereocenters. The van der Waals surface area contributed by atoms with Crippen LogP contribution < -0.4 is 24.4 Å². The van der Waals surface area contributed by atoms with Crippen LogP contribution in [0.4, 0.5) is 5.69 Å². The fraction of sp³-hybridized carbons (Fsp3) is 0.238. The molecule has 0 aliphatic carbocycles. The van der Waals surface area contributed by atoms with Crippen LogP contribution in [0.2, 0.25) is 0 Å². The lowest BCUT2D eigenvalue weighted by Gasteiger charge is -2.14. The summed E-state index contributed by atoms with van der Waals surface area (Å²) in [6.45, 7) is 4.92. The number of nitrogens with one attached hydrogen (secondary N) is 1. The van der Waals surface area contributed by atoms with Crippen LogP contribution in [0.3, 0.4) is 0 Å². The number of carbonyl (C=O) groups is 1. The Labute approximate surface area is 169 Å². The first-order chi connectivity index (χ1) is 13.6. The molecular formula is C21H22N2O4S. The minimum Gasteiger partial charge on any atom is -0.494 e. The van der Waals surface area contributed by atoms with E-state index in [-0.39, 0.29) is 5.91 Å². The smallest absolute Gasteiger partial charge is 0.281 e. The van der Waals surface area contributed by atoms with E-state index in [1.54, 1.807) is 31.4 Å². The molecule has 1 saturated heterocycles. The highest BCUT2D eigenvalue weighted by Gasteiger charge is 2.32. The highest BCUT2D eigenvalue weighted by atomic mass is 32.1. The van der Waals surface area contributed by atoms with Crippen molar-refractivity contribution in [1.29, 1.82) is 0 Å². The van der Waals surface area contributed by atoms with E-state index < -0.39 is 0 Å². The second-order valence-corrected chi connectivity index (χ2v) is 6.29. The van der Waals surface area contributed by atoms with Gasteiger partial charge in [0, 0.05) is 0 Å². The lowest BCUT2D eigenvalue weighted by molar-refractivity contribution is -0.113. The van der Waals surface area contributed by atoms with E-state index in [1.165, 1.54) is 4.90 Å². The molecule has 1 heterocycles. The van der Waals surface area contributed by atoms with E-state index in [4.69, 9.17) is 26.4 Å². The second-order valence-electron chi connectivity index (χ2n) is 5.90. The van der Waals surface area contributed by atoms with Gasteiger partial charge in [0.05, 0.1) is 26.0 Å². The summed E-state index contributed by atoms with van der Waals surface area (Å²) in [6.07, 6.45) is 1.74. The van der Waals surface area contributed by atoms with Crippen molar-refractivity contribution in [1.82, 2.24) is 5.32 Å². The van der Waals surface area contributed by atoms with Crippen molar-refractivity contribution in [3.05, 3.63) is 53.7 Å². The Bertz CT molecular complexity index is 909. The number of carbonyl (C=O) groups excluding carboxylic acids is 1. The topological polar surface area (TPSA) is 60.0 Å². The maximum absolute atomic E-state index is 12.9. The third-order valence-corrected chi connectivity index (χ3v) is 4.37. The van der Waals surface area contributed by atoms with E-state index in [1.807, 2.05) is 38.1 Å². The number of methoxy groups -OCH3 is 1. The van der Waals surface area contributed by atoms with Gasteiger partial charge in [-0.1, -0.05) is 6.07 Å². The summed E-state index contributed by atoms with van der Waals surface area (Å²) in [5.74, 6) is 1.79. The monoisotopic (exact) mass is 398 g/mol. The lowest BCUT2D eigenvalue weighted by Crippen LogP contribution is -2.30. The number of anilines is 1. The zero-order valence-electron chi connectivity index (χ0n) is 16.0. The largest absolute Gasteiger partial charge is 0.494 e. The van der Waals surface area contributed by atoms with E-state index >= 15 is 0 Å². The Morgan fingerprint density at radius 3 is 2.39 bits per heavy atom. The summed E-state index contributed by atoms with van der Waals surface area (Å²) in [6, 6.07) is 12.7. The summed E-state index contributed by atoms with van der Waals surface area (Å²) in [4.78, 5) is 14.3. The van der Waals surface area contributed by atoms with Crippen molar-refractivity contribution >= 4 is 35.0 Å². The molecule has 1 amide bonds. The number of hydrogen-bond acceptors (Lipinski definition) is 5. The van der Waals surface area contributed by atoms with Crippen LogP contribution in [0.1, 0.15) is 19.4 Å². The van der Waals surface area contributed by atoms with Gasteiger partial charge in [-0.3, -0.25) is 9.69 Å². The van der Waals surface area contributed by atoms with Gasteiger partial charge in [0.2, 0.25) is 0 Å². The number of hydrogen-bond donors (Lipinski definition) is 1. The predicted molar refractivity (Wildman–Crippen MR) is 113 cm³/mol. The van der Waals surface area contributed by atoms with Gasteiger partial charge in [-0.05, 0) is 74.1 Å². The SMILES string of the molecule is CCOc1ccc(N2C(=O)/C(=C\c3ccc(OC)c(OCC)c3)NC2=S)cc1. The molecule has 28 heavy (non-hydrogen) atoms. The third-order valence-electron chi connectivity index (χ3n) is 4.08. The fourth-order valence-corrected chi connectivity index (χ4v) is 3.14. The normalized spacial score (nSPS) is 15.0. The van der Waals surface area contributed by atoms with E-state index in [0.717, 1.165) is 11.3 Å². The predicted octanol–water partition coefficient (Wildman–Crippen LogP) is 3.75. The fourth-order valence-electron chi connectivity index (χ4n) is 2.85.